The zero-order chi connectivity index (χ0) is 20.1. The standard InChI is InChI=1S/C23H26N4O/c1-6-23(4,5)26-21-20(24-18-9-7-8-12-27(18)21)17-13-16-11-10-14(2)15(3)19(16)25-22(17)28/h7-13,26H,6H2,1-5H3,(H,25,28). The highest BCUT2D eigenvalue weighted by Gasteiger charge is 2.23. The fourth-order valence-corrected chi connectivity index (χ4v) is 3.41. The van der Waals surface area contributed by atoms with E-state index >= 15 is 0 Å². The van der Waals surface area contributed by atoms with Crippen LogP contribution in [0.1, 0.15) is 38.3 Å². The minimum Gasteiger partial charge on any atom is -0.364 e. The number of fused-ring (bicyclic) bond motifs is 2. The molecule has 144 valence electrons. The van der Waals surface area contributed by atoms with Crippen molar-refractivity contribution in [3.63, 3.8) is 0 Å². The van der Waals surface area contributed by atoms with Gasteiger partial charge >= 0.3 is 0 Å². The molecular weight excluding hydrogens is 348 g/mol. The van der Waals surface area contributed by atoms with E-state index in [0.717, 1.165) is 39.9 Å². The van der Waals surface area contributed by atoms with Crippen LogP contribution in [0.2, 0.25) is 0 Å². The molecular formula is C23H26N4O. The maximum Gasteiger partial charge on any atom is 0.258 e. The third kappa shape index (κ3) is 2.97. The number of pyridine rings is 2. The first-order valence-electron chi connectivity index (χ1n) is 9.69. The molecule has 5 nitrogen and oxygen atoms in total. The highest BCUT2D eigenvalue weighted by atomic mass is 16.1. The number of anilines is 1. The monoisotopic (exact) mass is 374 g/mol. The van der Waals surface area contributed by atoms with Crippen molar-refractivity contribution in [1.82, 2.24) is 14.4 Å². The number of imidazole rings is 1. The topological polar surface area (TPSA) is 62.2 Å². The maximum atomic E-state index is 13.0. The van der Waals surface area contributed by atoms with E-state index in [1.165, 1.54) is 0 Å². The fraction of sp³-hybridized carbons (Fsp3) is 0.304. The van der Waals surface area contributed by atoms with Gasteiger partial charge in [0.1, 0.15) is 17.2 Å². The zero-order valence-corrected chi connectivity index (χ0v) is 17.1. The van der Waals surface area contributed by atoms with Crippen molar-refractivity contribution in [2.45, 2.75) is 46.6 Å². The van der Waals surface area contributed by atoms with Gasteiger partial charge in [0.05, 0.1) is 11.1 Å². The summed E-state index contributed by atoms with van der Waals surface area (Å²) in [4.78, 5) is 20.9. The lowest BCUT2D eigenvalue weighted by Crippen LogP contribution is -2.30. The summed E-state index contributed by atoms with van der Waals surface area (Å²) >= 11 is 0. The smallest absolute Gasteiger partial charge is 0.258 e. The molecule has 0 spiro atoms. The minimum atomic E-state index is -0.127. The van der Waals surface area contributed by atoms with Crippen molar-refractivity contribution in [2.24, 2.45) is 0 Å². The SMILES string of the molecule is CCC(C)(C)Nc1c(-c2cc3ccc(C)c(C)c3[nH]c2=O)nc2ccccn12. The van der Waals surface area contributed by atoms with E-state index in [2.05, 4.69) is 50.1 Å². The molecule has 0 aliphatic carbocycles. The minimum absolute atomic E-state index is 0.123. The predicted molar refractivity (Wildman–Crippen MR) is 116 cm³/mol. The normalized spacial score (nSPS) is 12.0. The molecule has 1 aromatic carbocycles. The Morgan fingerprint density at radius 1 is 1.18 bits per heavy atom. The third-order valence-electron chi connectivity index (χ3n) is 5.68. The first kappa shape index (κ1) is 18.3. The van der Waals surface area contributed by atoms with Gasteiger partial charge in [0.2, 0.25) is 0 Å². The Morgan fingerprint density at radius 3 is 2.71 bits per heavy atom. The molecule has 0 bridgehead atoms. The number of nitrogens with zero attached hydrogens (tertiary/aromatic N) is 2. The molecule has 0 saturated heterocycles. The number of aromatic nitrogens is 3. The summed E-state index contributed by atoms with van der Waals surface area (Å²) in [6.07, 6.45) is 2.92. The van der Waals surface area contributed by atoms with Crippen molar-refractivity contribution in [1.29, 1.82) is 0 Å². The summed E-state index contributed by atoms with van der Waals surface area (Å²) < 4.78 is 2.01. The molecule has 3 aromatic heterocycles. The Bertz CT molecular complexity index is 1250. The summed E-state index contributed by atoms with van der Waals surface area (Å²) in [5.41, 5.74) is 4.97. The Hall–Kier alpha value is -3.08. The number of aromatic amines is 1. The van der Waals surface area contributed by atoms with E-state index in [0.29, 0.717) is 11.3 Å². The van der Waals surface area contributed by atoms with Gasteiger partial charge in [0, 0.05) is 11.7 Å². The van der Waals surface area contributed by atoms with Crippen LogP contribution < -0.4 is 10.9 Å². The molecule has 4 aromatic rings. The number of aryl methyl sites for hydroxylation is 2. The molecule has 0 unspecified atom stereocenters. The van der Waals surface area contributed by atoms with Crippen LogP contribution in [0.15, 0.2) is 47.4 Å². The van der Waals surface area contributed by atoms with Crippen molar-refractivity contribution in [3.05, 3.63) is 64.1 Å². The van der Waals surface area contributed by atoms with Gasteiger partial charge in [-0.25, -0.2) is 4.98 Å². The van der Waals surface area contributed by atoms with Gasteiger partial charge in [-0.1, -0.05) is 25.1 Å². The van der Waals surface area contributed by atoms with Crippen LogP contribution in [0, 0.1) is 13.8 Å². The van der Waals surface area contributed by atoms with E-state index in [9.17, 15) is 4.79 Å². The molecule has 2 N–H and O–H groups in total. The maximum absolute atomic E-state index is 13.0. The van der Waals surface area contributed by atoms with E-state index in [1.807, 2.05) is 41.8 Å². The van der Waals surface area contributed by atoms with Crippen LogP contribution in [-0.2, 0) is 0 Å². The Balaban J connectivity index is 2.00. The summed E-state index contributed by atoms with van der Waals surface area (Å²) in [6, 6.07) is 12.0. The van der Waals surface area contributed by atoms with Gasteiger partial charge in [-0.3, -0.25) is 9.20 Å². The molecule has 5 heteroatoms. The van der Waals surface area contributed by atoms with Gasteiger partial charge in [-0.05, 0) is 68.8 Å². The van der Waals surface area contributed by atoms with Crippen LogP contribution in [-0.4, -0.2) is 19.9 Å². The molecule has 0 atom stereocenters. The molecule has 0 saturated carbocycles. The second-order valence-corrected chi connectivity index (χ2v) is 8.08. The van der Waals surface area contributed by atoms with Gasteiger partial charge in [-0.15, -0.1) is 0 Å². The number of nitrogens with one attached hydrogen (secondary N) is 2. The van der Waals surface area contributed by atoms with Crippen LogP contribution in [0.5, 0.6) is 0 Å². The second kappa shape index (κ2) is 6.51. The highest BCUT2D eigenvalue weighted by molar-refractivity contribution is 5.88. The molecule has 3 heterocycles. The summed E-state index contributed by atoms with van der Waals surface area (Å²) in [5, 5.41) is 4.61. The predicted octanol–water partition coefficient (Wildman–Crippen LogP) is 5.06. The first-order valence-corrected chi connectivity index (χ1v) is 9.69. The average molecular weight is 374 g/mol. The number of hydrogen-bond acceptors (Lipinski definition) is 3. The van der Waals surface area contributed by atoms with Crippen LogP contribution in [0.3, 0.4) is 0 Å². The van der Waals surface area contributed by atoms with Gasteiger partial charge in [0.25, 0.3) is 5.56 Å². The quantitative estimate of drug-likeness (QED) is 0.525. The number of rotatable bonds is 4. The molecule has 0 aliphatic rings. The van der Waals surface area contributed by atoms with Crippen molar-refractivity contribution >= 4 is 22.4 Å². The summed E-state index contributed by atoms with van der Waals surface area (Å²) in [7, 11) is 0. The first-order chi connectivity index (χ1) is 13.3. The number of benzene rings is 1. The van der Waals surface area contributed by atoms with E-state index in [4.69, 9.17) is 4.98 Å². The lowest BCUT2D eigenvalue weighted by atomic mass is 10.0. The van der Waals surface area contributed by atoms with Crippen LogP contribution in [0.25, 0.3) is 27.8 Å². The number of hydrogen-bond donors (Lipinski definition) is 2. The Morgan fingerprint density at radius 2 is 1.96 bits per heavy atom. The fourth-order valence-electron chi connectivity index (χ4n) is 3.41. The largest absolute Gasteiger partial charge is 0.364 e. The lowest BCUT2D eigenvalue weighted by molar-refractivity contribution is 0.544. The van der Waals surface area contributed by atoms with E-state index < -0.39 is 0 Å². The van der Waals surface area contributed by atoms with Gasteiger partial charge < -0.3 is 10.3 Å². The molecule has 0 radical (unpaired) electrons. The average Bonchev–Trinajstić information content (AvgIpc) is 3.03. The Kier molecular flexibility index (Phi) is 4.26. The lowest BCUT2D eigenvalue weighted by Gasteiger charge is -2.26. The van der Waals surface area contributed by atoms with Crippen LogP contribution >= 0.6 is 0 Å². The molecule has 0 fully saturated rings. The van der Waals surface area contributed by atoms with E-state index in [-0.39, 0.29) is 11.1 Å². The van der Waals surface area contributed by atoms with Crippen molar-refractivity contribution in [3.8, 4) is 11.3 Å². The second-order valence-electron chi connectivity index (χ2n) is 8.08. The third-order valence-corrected chi connectivity index (χ3v) is 5.68. The van der Waals surface area contributed by atoms with Crippen molar-refractivity contribution in [2.75, 3.05) is 5.32 Å². The van der Waals surface area contributed by atoms with Crippen molar-refractivity contribution < 1.29 is 0 Å². The highest BCUT2D eigenvalue weighted by Crippen LogP contribution is 2.31. The zero-order valence-electron chi connectivity index (χ0n) is 17.1. The molecule has 0 amide bonds. The molecule has 28 heavy (non-hydrogen) atoms. The summed E-state index contributed by atoms with van der Waals surface area (Å²) in [6.45, 7) is 10.5. The van der Waals surface area contributed by atoms with E-state index in [1.54, 1.807) is 0 Å². The molecule has 0 aliphatic heterocycles. The Labute approximate surface area is 164 Å². The van der Waals surface area contributed by atoms with Gasteiger partial charge in [0.15, 0.2) is 0 Å². The van der Waals surface area contributed by atoms with Crippen LogP contribution in [0.4, 0.5) is 5.82 Å². The molecule has 4 rings (SSSR count). The summed E-state index contributed by atoms with van der Waals surface area (Å²) in [5.74, 6) is 0.844. The van der Waals surface area contributed by atoms with Gasteiger partial charge in [-0.2, -0.15) is 0 Å². The number of H-pyrrole nitrogens is 1.